The third-order valence-corrected chi connectivity index (χ3v) is 2.80. The van der Waals surface area contributed by atoms with Gasteiger partial charge in [-0.3, -0.25) is 4.98 Å². The zero-order chi connectivity index (χ0) is 12.0. The first-order valence-electron chi connectivity index (χ1n) is 6.06. The van der Waals surface area contributed by atoms with Crippen molar-refractivity contribution in [2.45, 2.75) is 52.9 Å². The molecule has 16 heavy (non-hydrogen) atoms. The highest BCUT2D eigenvalue weighted by Crippen LogP contribution is 2.15. The molecule has 0 atom stereocenters. The van der Waals surface area contributed by atoms with Gasteiger partial charge in [-0.15, -0.1) is 0 Å². The molecule has 1 aromatic rings. The first-order valence-corrected chi connectivity index (χ1v) is 6.06. The van der Waals surface area contributed by atoms with Crippen LogP contribution in [0.4, 0.5) is 0 Å². The van der Waals surface area contributed by atoms with E-state index in [0.717, 1.165) is 35.4 Å². The van der Waals surface area contributed by atoms with E-state index in [-0.39, 0.29) is 0 Å². The number of nitriles is 1. The van der Waals surface area contributed by atoms with Gasteiger partial charge in [0.25, 0.3) is 0 Å². The molecule has 0 aliphatic rings. The van der Waals surface area contributed by atoms with E-state index < -0.39 is 0 Å². The zero-order valence-electron chi connectivity index (χ0n) is 10.5. The molecule has 0 spiro atoms. The van der Waals surface area contributed by atoms with E-state index >= 15 is 0 Å². The maximum absolute atomic E-state index is 9.10. The fourth-order valence-corrected chi connectivity index (χ4v) is 1.97. The highest BCUT2D eigenvalue weighted by Gasteiger charge is 2.07. The highest BCUT2D eigenvalue weighted by atomic mass is 14.7. The van der Waals surface area contributed by atoms with Crippen molar-refractivity contribution in [1.82, 2.24) is 4.98 Å². The Morgan fingerprint density at radius 2 is 2.00 bits per heavy atom. The quantitative estimate of drug-likeness (QED) is 0.704. The van der Waals surface area contributed by atoms with Crippen molar-refractivity contribution >= 4 is 0 Å². The van der Waals surface area contributed by atoms with Gasteiger partial charge < -0.3 is 0 Å². The number of pyridine rings is 1. The van der Waals surface area contributed by atoms with E-state index in [9.17, 15) is 0 Å². The number of unbranched alkanes of at least 4 members (excludes halogenated alkanes) is 3. The maximum atomic E-state index is 9.10. The molecule has 0 aromatic carbocycles. The summed E-state index contributed by atoms with van der Waals surface area (Å²) in [5.74, 6) is 0. The SMILES string of the molecule is CCCCCCc1nc(C)cc(C)c1C#N. The van der Waals surface area contributed by atoms with Crippen molar-refractivity contribution in [2.75, 3.05) is 0 Å². The average molecular weight is 216 g/mol. The van der Waals surface area contributed by atoms with Crippen LogP contribution < -0.4 is 0 Å². The average Bonchev–Trinajstić information content (AvgIpc) is 2.24. The zero-order valence-corrected chi connectivity index (χ0v) is 10.5. The van der Waals surface area contributed by atoms with Gasteiger partial charge in [0, 0.05) is 5.69 Å². The predicted octanol–water partition coefficient (Wildman–Crippen LogP) is 3.69. The fraction of sp³-hybridized carbons (Fsp3) is 0.571. The summed E-state index contributed by atoms with van der Waals surface area (Å²) in [6, 6.07) is 4.25. The Bertz CT molecular complexity index is 388. The van der Waals surface area contributed by atoms with E-state index in [0.29, 0.717) is 0 Å². The smallest absolute Gasteiger partial charge is 0.101 e. The lowest BCUT2D eigenvalue weighted by molar-refractivity contribution is 0.659. The molecule has 0 fully saturated rings. The third kappa shape index (κ3) is 3.34. The van der Waals surface area contributed by atoms with Crippen LogP contribution in [-0.4, -0.2) is 4.98 Å². The van der Waals surface area contributed by atoms with Crippen LogP contribution in [0.2, 0.25) is 0 Å². The van der Waals surface area contributed by atoms with Gasteiger partial charge in [-0.25, -0.2) is 0 Å². The van der Waals surface area contributed by atoms with Gasteiger partial charge in [0.2, 0.25) is 0 Å². The normalized spacial score (nSPS) is 10.1. The summed E-state index contributed by atoms with van der Waals surface area (Å²) in [5, 5.41) is 9.10. The summed E-state index contributed by atoms with van der Waals surface area (Å²) in [4.78, 5) is 4.48. The monoisotopic (exact) mass is 216 g/mol. The molecule has 0 N–H and O–H groups in total. The Morgan fingerprint density at radius 3 is 2.62 bits per heavy atom. The molecule has 2 nitrogen and oxygen atoms in total. The molecule has 0 aliphatic carbocycles. The lowest BCUT2D eigenvalue weighted by atomic mass is 10.0. The molecule has 0 aliphatic heterocycles. The molecule has 1 rings (SSSR count). The van der Waals surface area contributed by atoms with Crippen molar-refractivity contribution in [1.29, 1.82) is 5.26 Å². The number of rotatable bonds is 5. The first-order chi connectivity index (χ1) is 7.69. The van der Waals surface area contributed by atoms with E-state index in [1.165, 1.54) is 19.3 Å². The second-order valence-electron chi connectivity index (χ2n) is 4.32. The van der Waals surface area contributed by atoms with Gasteiger partial charge in [-0.2, -0.15) is 5.26 Å². The van der Waals surface area contributed by atoms with Crippen molar-refractivity contribution in [3.05, 3.63) is 28.6 Å². The minimum absolute atomic E-state index is 0.780. The van der Waals surface area contributed by atoms with Crippen molar-refractivity contribution in [3.63, 3.8) is 0 Å². The van der Waals surface area contributed by atoms with Crippen LogP contribution in [0.1, 0.15) is 55.1 Å². The van der Waals surface area contributed by atoms with Crippen LogP contribution in [-0.2, 0) is 6.42 Å². The first kappa shape index (κ1) is 12.7. The molecular formula is C14H20N2. The van der Waals surface area contributed by atoms with Crippen molar-refractivity contribution < 1.29 is 0 Å². The molecule has 0 saturated heterocycles. The van der Waals surface area contributed by atoms with Gasteiger partial charge in [0.15, 0.2) is 0 Å². The Balaban J connectivity index is 2.75. The van der Waals surface area contributed by atoms with Gasteiger partial charge in [-0.05, 0) is 38.3 Å². The molecular weight excluding hydrogens is 196 g/mol. The second kappa shape index (κ2) is 6.27. The number of aryl methyl sites for hydroxylation is 3. The van der Waals surface area contributed by atoms with Crippen LogP contribution >= 0.6 is 0 Å². The topological polar surface area (TPSA) is 36.7 Å². The molecule has 0 bridgehead atoms. The fourth-order valence-electron chi connectivity index (χ4n) is 1.97. The van der Waals surface area contributed by atoms with Crippen LogP contribution in [0.3, 0.4) is 0 Å². The Morgan fingerprint density at radius 1 is 1.25 bits per heavy atom. The molecule has 1 aromatic heterocycles. The van der Waals surface area contributed by atoms with E-state index in [2.05, 4.69) is 18.0 Å². The van der Waals surface area contributed by atoms with Gasteiger partial charge in [0.05, 0.1) is 11.3 Å². The summed E-state index contributed by atoms with van der Waals surface area (Å²) in [5.41, 5.74) is 3.83. The van der Waals surface area contributed by atoms with E-state index in [4.69, 9.17) is 5.26 Å². The lowest BCUT2D eigenvalue weighted by Crippen LogP contribution is -2.00. The van der Waals surface area contributed by atoms with Gasteiger partial charge in [-0.1, -0.05) is 26.2 Å². The van der Waals surface area contributed by atoms with Crippen LogP contribution in [0.5, 0.6) is 0 Å². The molecule has 0 saturated carbocycles. The standard InChI is InChI=1S/C14H20N2/c1-4-5-6-7-8-14-13(10-15)11(2)9-12(3)16-14/h9H,4-8H2,1-3H3. The molecule has 0 amide bonds. The molecule has 0 unspecified atom stereocenters. The molecule has 0 radical (unpaired) electrons. The molecule has 1 heterocycles. The van der Waals surface area contributed by atoms with Crippen LogP contribution in [0.15, 0.2) is 6.07 Å². The van der Waals surface area contributed by atoms with Gasteiger partial charge in [0.1, 0.15) is 6.07 Å². The van der Waals surface area contributed by atoms with Crippen molar-refractivity contribution in [3.8, 4) is 6.07 Å². The Kier molecular flexibility index (Phi) is 4.98. The molecule has 86 valence electrons. The largest absolute Gasteiger partial charge is 0.257 e. The summed E-state index contributed by atoms with van der Waals surface area (Å²) < 4.78 is 0. The Hall–Kier alpha value is -1.36. The third-order valence-electron chi connectivity index (χ3n) is 2.80. The van der Waals surface area contributed by atoms with Crippen molar-refractivity contribution in [2.24, 2.45) is 0 Å². The molecule has 2 heteroatoms. The number of hydrogen-bond donors (Lipinski definition) is 0. The van der Waals surface area contributed by atoms with E-state index in [1.54, 1.807) is 0 Å². The summed E-state index contributed by atoms with van der Waals surface area (Å²) in [6.07, 6.45) is 5.82. The van der Waals surface area contributed by atoms with E-state index in [1.807, 2.05) is 19.9 Å². The number of aromatic nitrogens is 1. The van der Waals surface area contributed by atoms with Gasteiger partial charge >= 0.3 is 0 Å². The summed E-state index contributed by atoms with van der Waals surface area (Å²) in [7, 11) is 0. The van der Waals surface area contributed by atoms with Crippen LogP contribution in [0, 0.1) is 25.2 Å². The van der Waals surface area contributed by atoms with Crippen LogP contribution in [0.25, 0.3) is 0 Å². The maximum Gasteiger partial charge on any atom is 0.101 e. The Labute approximate surface area is 98.3 Å². The minimum atomic E-state index is 0.780. The summed E-state index contributed by atoms with van der Waals surface area (Å²) in [6.45, 7) is 6.18. The summed E-state index contributed by atoms with van der Waals surface area (Å²) >= 11 is 0. The second-order valence-corrected chi connectivity index (χ2v) is 4.32. The number of nitrogens with zero attached hydrogens (tertiary/aromatic N) is 2. The number of hydrogen-bond acceptors (Lipinski definition) is 2. The highest BCUT2D eigenvalue weighted by molar-refractivity contribution is 5.41. The lowest BCUT2D eigenvalue weighted by Gasteiger charge is -2.07. The minimum Gasteiger partial charge on any atom is -0.257 e. The predicted molar refractivity (Wildman–Crippen MR) is 66.3 cm³/mol.